The van der Waals surface area contributed by atoms with Crippen molar-refractivity contribution in [2.24, 2.45) is 28.6 Å². The Kier molecular flexibility index (Phi) is 8.41. The fraction of sp³-hybridized carbons (Fsp3) is 0.774. The average molecular weight is 607 g/mol. The summed E-state index contributed by atoms with van der Waals surface area (Å²) in [4.78, 5) is 58.7. The SMILES string of the molecule is C[C@]12CCC3C(CCC4(O)CC(OC(=O)CCC(=O)O)CC[C@]34COC(=O)CCC(=O)O)C1(O)CCC2C1=CC(=O)OC1. The number of aliphatic carboxylic acids is 2. The Balaban J connectivity index is 1.41. The number of hydrogen-bond donors (Lipinski definition) is 4. The average Bonchev–Trinajstić information content (AvgIpc) is 3.49. The molecule has 0 aromatic carbocycles. The zero-order valence-corrected chi connectivity index (χ0v) is 24.5. The van der Waals surface area contributed by atoms with Gasteiger partial charge in [-0.05, 0) is 74.7 Å². The van der Waals surface area contributed by atoms with Gasteiger partial charge in [0, 0.05) is 23.3 Å². The topological polar surface area (TPSA) is 194 Å². The fourth-order valence-corrected chi connectivity index (χ4v) is 9.51. The van der Waals surface area contributed by atoms with Crippen molar-refractivity contribution in [3.63, 3.8) is 0 Å². The molecule has 5 aliphatic rings. The number of aliphatic hydroxyl groups is 2. The molecule has 4 saturated carbocycles. The lowest BCUT2D eigenvalue weighted by molar-refractivity contribution is -0.272. The maximum Gasteiger partial charge on any atom is 0.331 e. The van der Waals surface area contributed by atoms with E-state index in [0.717, 1.165) is 5.57 Å². The lowest BCUT2D eigenvalue weighted by Crippen LogP contribution is -2.69. The van der Waals surface area contributed by atoms with E-state index in [4.69, 9.17) is 24.4 Å². The molecule has 8 atom stereocenters. The Morgan fingerprint density at radius 3 is 2.21 bits per heavy atom. The molecule has 0 aromatic rings. The standard InChI is InChI=1S/C31H42O12/c1-28-10-7-21-22(31(28,40)13-9-20(28)18-14-27(38)41-16-18)8-12-30(39)15-19(43-26(37)5-3-24(34)35)6-11-29(21,30)17-42-25(36)4-2-23(32)33/h14,19-22,39-40H,2-13,15-17H2,1H3,(H,32,33)(H,34,35)/t19?,20?,21?,22?,28-,29+,30?,31?/m1/s1. The van der Waals surface area contributed by atoms with Crippen LogP contribution in [0.25, 0.3) is 0 Å². The predicted octanol–water partition coefficient (Wildman–Crippen LogP) is 2.52. The van der Waals surface area contributed by atoms with Crippen molar-refractivity contribution >= 4 is 29.8 Å². The summed E-state index contributed by atoms with van der Waals surface area (Å²) in [5.74, 6) is -4.39. The predicted molar refractivity (Wildman–Crippen MR) is 146 cm³/mol. The summed E-state index contributed by atoms with van der Waals surface area (Å²) in [7, 11) is 0. The maximum atomic E-state index is 12.6. The number of carboxylic acids is 2. The first-order valence-corrected chi connectivity index (χ1v) is 15.3. The maximum absolute atomic E-state index is 12.6. The van der Waals surface area contributed by atoms with Crippen molar-refractivity contribution in [2.75, 3.05) is 13.2 Å². The number of ether oxygens (including phenoxy) is 3. The number of hydrogen-bond acceptors (Lipinski definition) is 10. The largest absolute Gasteiger partial charge is 0.481 e. The number of cyclic esters (lactones) is 1. The molecule has 4 aliphatic carbocycles. The highest BCUT2D eigenvalue weighted by molar-refractivity contribution is 5.85. The normalized spacial score (nSPS) is 39.9. The van der Waals surface area contributed by atoms with Crippen LogP contribution in [0.2, 0.25) is 0 Å². The van der Waals surface area contributed by atoms with E-state index >= 15 is 0 Å². The van der Waals surface area contributed by atoms with Crippen molar-refractivity contribution in [3.05, 3.63) is 11.6 Å². The molecule has 6 unspecified atom stereocenters. The van der Waals surface area contributed by atoms with Gasteiger partial charge in [-0.3, -0.25) is 19.2 Å². The molecule has 4 N–H and O–H groups in total. The van der Waals surface area contributed by atoms with E-state index in [9.17, 15) is 34.2 Å². The molecule has 4 fully saturated rings. The van der Waals surface area contributed by atoms with Crippen LogP contribution in [0.1, 0.15) is 90.4 Å². The van der Waals surface area contributed by atoms with Gasteiger partial charge in [-0.1, -0.05) is 6.92 Å². The molecule has 12 heteroatoms. The molecule has 0 spiro atoms. The van der Waals surface area contributed by atoms with Crippen molar-refractivity contribution in [3.8, 4) is 0 Å². The first-order chi connectivity index (χ1) is 20.2. The summed E-state index contributed by atoms with van der Waals surface area (Å²) in [6.45, 7) is 2.16. The minimum Gasteiger partial charge on any atom is -0.481 e. The molecule has 12 nitrogen and oxygen atoms in total. The molecule has 43 heavy (non-hydrogen) atoms. The molecular formula is C31H42O12. The quantitative estimate of drug-likeness (QED) is 0.210. The summed E-state index contributed by atoms with van der Waals surface area (Å²) in [6.07, 6.45) is 3.66. The van der Waals surface area contributed by atoms with Crippen LogP contribution in [0, 0.1) is 28.6 Å². The van der Waals surface area contributed by atoms with Crippen LogP contribution in [0.5, 0.6) is 0 Å². The van der Waals surface area contributed by atoms with Crippen LogP contribution < -0.4 is 0 Å². The Labute approximate surface area is 249 Å². The van der Waals surface area contributed by atoms with Crippen LogP contribution in [-0.4, -0.2) is 80.8 Å². The van der Waals surface area contributed by atoms with Crippen LogP contribution in [-0.2, 0) is 38.2 Å². The molecule has 1 aliphatic heterocycles. The van der Waals surface area contributed by atoms with Gasteiger partial charge >= 0.3 is 29.8 Å². The third kappa shape index (κ3) is 5.45. The van der Waals surface area contributed by atoms with Gasteiger partial charge in [0.25, 0.3) is 0 Å². The highest BCUT2D eigenvalue weighted by Crippen LogP contribution is 2.70. The van der Waals surface area contributed by atoms with Crippen LogP contribution >= 0.6 is 0 Å². The van der Waals surface area contributed by atoms with Gasteiger partial charge < -0.3 is 34.6 Å². The van der Waals surface area contributed by atoms with E-state index < -0.39 is 52.0 Å². The van der Waals surface area contributed by atoms with Crippen LogP contribution in [0.4, 0.5) is 0 Å². The third-order valence-electron chi connectivity index (χ3n) is 11.6. The second kappa shape index (κ2) is 11.5. The molecular weight excluding hydrogens is 564 g/mol. The van der Waals surface area contributed by atoms with Gasteiger partial charge in [0.1, 0.15) is 12.7 Å². The molecule has 0 saturated heterocycles. The summed E-state index contributed by atoms with van der Waals surface area (Å²) in [6, 6.07) is 0. The minimum atomic E-state index is -1.40. The summed E-state index contributed by atoms with van der Waals surface area (Å²) in [5.41, 5.74) is -3.05. The van der Waals surface area contributed by atoms with Crippen molar-refractivity contribution in [1.29, 1.82) is 0 Å². The van der Waals surface area contributed by atoms with Gasteiger partial charge in [0.05, 0.1) is 43.5 Å². The molecule has 0 radical (unpaired) electrons. The number of carboxylic acid groups (broad SMARTS) is 2. The first-order valence-electron chi connectivity index (χ1n) is 15.3. The van der Waals surface area contributed by atoms with Crippen molar-refractivity contribution in [1.82, 2.24) is 0 Å². The number of carbonyl (C=O) groups is 5. The fourth-order valence-electron chi connectivity index (χ4n) is 9.51. The minimum absolute atomic E-state index is 0.0172. The highest BCUT2D eigenvalue weighted by atomic mass is 16.5. The monoisotopic (exact) mass is 606 g/mol. The molecule has 1 heterocycles. The van der Waals surface area contributed by atoms with Gasteiger partial charge in [-0.25, -0.2) is 4.79 Å². The van der Waals surface area contributed by atoms with E-state index in [0.29, 0.717) is 44.9 Å². The van der Waals surface area contributed by atoms with Gasteiger partial charge in [0.2, 0.25) is 0 Å². The zero-order valence-electron chi connectivity index (χ0n) is 24.5. The van der Waals surface area contributed by atoms with E-state index in [1.54, 1.807) is 6.08 Å². The van der Waals surface area contributed by atoms with E-state index in [1.165, 1.54) is 0 Å². The Hall–Kier alpha value is -2.99. The first kappa shape index (κ1) is 31.4. The smallest absolute Gasteiger partial charge is 0.331 e. The molecule has 5 rings (SSSR count). The van der Waals surface area contributed by atoms with Gasteiger partial charge in [0.15, 0.2) is 0 Å². The highest BCUT2D eigenvalue weighted by Gasteiger charge is 2.71. The number of esters is 3. The Morgan fingerprint density at radius 2 is 1.56 bits per heavy atom. The number of carbonyl (C=O) groups excluding carboxylic acids is 3. The summed E-state index contributed by atoms with van der Waals surface area (Å²) in [5, 5.41) is 42.8. The van der Waals surface area contributed by atoms with Crippen LogP contribution in [0.15, 0.2) is 11.6 Å². The van der Waals surface area contributed by atoms with Crippen LogP contribution in [0.3, 0.4) is 0 Å². The van der Waals surface area contributed by atoms with E-state index in [1.807, 2.05) is 0 Å². The number of fused-ring (bicyclic) bond motifs is 5. The second-order valence-corrected chi connectivity index (χ2v) is 13.5. The van der Waals surface area contributed by atoms with Crippen molar-refractivity contribution < 1.29 is 58.6 Å². The molecule has 0 bridgehead atoms. The molecule has 238 valence electrons. The van der Waals surface area contributed by atoms with E-state index in [2.05, 4.69) is 6.92 Å². The van der Waals surface area contributed by atoms with E-state index in [-0.39, 0.29) is 75.5 Å². The Morgan fingerprint density at radius 1 is 0.884 bits per heavy atom. The lowest BCUT2D eigenvalue weighted by Gasteiger charge is -2.66. The number of rotatable bonds is 10. The van der Waals surface area contributed by atoms with Crippen molar-refractivity contribution in [2.45, 2.75) is 108 Å². The van der Waals surface area contributed by atoms with Gasteiger partial charge in [-0.2, -0.15) is 0 Å². The summed E-state index contributed by atoms with van der Waals surface area (Å²) < 4.78 is 16.5. The van der Waals surface area contributed by atoms with Gasteiger partial charge in [-0.15, -0.1) is 0 Å². The zero-order chi connectivity index (χ0) is 31.2. The second-order valence-electron chi connectivity index (χ2n) is 13.5. The molecule has 0 amide bonds. The molecule has 0 aromatic heterocycles. The lowest BCUT2D eigenvalue weighted by atomic mass is 9.41. The third-order valence-corrected chi connectivity index (χ3v) is 11.6. The summed E-state index contributed by atoms with van der Waals surface area (Å²) >= 11 is 0. The Bertz CT molecular complexity index is 1210.